The molecule has 164 valence electrons. The van der Waals surface area contributed by atoms with Gasteiger partial charge in [-0.2, -0.15) is 0 Å². The van der Waals surface area contributed by atoms with Crippen molar-refractivity contribution in [1.29, 1.82) is 0 Å². The summed E-state index contributed by atoms with van der Waals surface area (Å²) in [7, 11) is 0. The van der Waals surface area contributed by atoms with Crippen molar-refractivity contribution >= 4 is 11.1 Å². The Morgan fingerprint density at radius 2 is 1.06 bits per heavy atom. The summed E-state index contributed by atoms with van der Waals surface area (Å²) in [6.45, 7) is 14.4. The molecule has 0 radical (unpaired) electrons. The topological polar surface area (TPSA) is 0 Å². The van der Waals surface area contributed by atoms with Crippen molar-refractivity contribution < 1.29 is 0 Å². The highest BCUT2D eigenvalue weighted by molar-refractivity contribution is 5.79. The number of hydrogen-bond acceptors (Lipinski definition) is 0. The van der Waals surface area contributed by atoms with E-state index in [1.165, 1.54) is 47.9 Å². The van der Waals surface area contributed by atoms with Crippen LogP contribution in [0.2, 0.25) is 0 Å². The standard InChI is InChI=1S/C31H40/c1-7-13-21(3)27-19-29(25-17-11-9-15-23(25)27)31(5,6)30-20-28(22(4)14-8-2)24-16-10-12-18-26(24)30/h9-12,15-22,29-30H,7-8,13-14H2,1-6H3. The molecule has 0 heterocycles. The number of benzene rings is 2. The molecule has 0 N–H and O–H groups in total. The highest BCUT2D eigenvalue weighted by Gasteiger charge is 2.44. The van der Waals surface area contributed by atoms with Gasteiger partial charge in [-0.15, -0.1) is 0 Å². The molecule has 2 aliphatic carbocycles. The molecule has 0 heteroatoms. The van der Waals surface area contributed by atoms with Gasteiger partial charge in [-0.3, -0.25) is 0 Å². The van der Waals surface area contributed by atoms with E-state index in [-0.39, 0.29) is 5.41 Å². The average molecular weight is 413 g/mol. The van der Waals surface area contributed by atoms with Crippen molar-refractivity contribution in [2.75, 3.05) is 0 Å². The van der Waals surface area contributed by atoms with E-state index in [0.29, 0.717) is 23.7 Å². The molecule has 2 aliphatic rings. The number of fused-ring (bicyclic) bond motifs is 2. The van der Waals surface area contributed by atoms with E-state index >= 15 is 0 Å². The molecule has 0 fully saturated rings. The molecule has 4 unspecified atom stereocenters. The smallest absolute Gasteiger partial charge is 0.00902 e. The molecule has 0 aliphatic heterocycles. The first-order valence-electron chi connectivity index (χ1n) is 12.5. The first kappa shape index (κ1) is 22.1. The van der Waals surface area contributed by atoms with Gasteiger partial charge in [-0.05, 0) is 63.5 Å². The second-order valence-corrected chi connectivity index (χ2v) is 10.6. The zero-order valence-corrected chi connectivity index (χ0v) is 20.4. The first-order chi connectivity index (χ1) is 14.9. The summed E-state index contributed by atoms with van der Waals surface area (Å²) in [4.78, 5) is 0. The van der Waals surface area contributed by atoms with Crippen LogP contribution in [0.15, 0.2) is 60.7 Å². The average Bonchev–Trinajstić information content (AvgIpc) is 3.34. The molecule has 2 aromatic rings. The lowest BCUT2D eigenvalue weighted by atomic mass is 9.66. The summed E-state index contributed by atoms with van der Waals surface area (Å²) < 4.78 is 0. The summed E-state index contributed by atoms with van der Waals surface area (Å²) in [5.74, 6) is 2.15. The second-order valence-electron chi connectivity index (χ2n) is 10.6. The predicted molar refractivity (Wildman–Crippen MR) is 136 cm³/mol. The Balaban J connectivity index is 1.78. The molecular formula is C31H40. The van der Waals surface area contributed by atoms with Crippen molar-refractivity contribution in [2.24, 2.45) is 17.3 Å². The molecule has 4 atom stereocenters. The Morgan fingerprint density at radius 1 is 0.677 bits per heavy atom. The zero-order valence-electron chi connectivity index (χ0n) is 20.4. The Kier molecular flexibility index (Phi) is 6.29. The van der Waals surface area contributed by atoms with Crippen LogP contribution in [0.25, 0.3) is 11.1 Å². The molecule has 0 aromatic heterocycles. The van der Waals surface area contributed by atoms with Crippen molar-refractivity contribution in [3.63, 3.8) is 0 Å². The Hall–Kier alpha value is -2.08. The monoisotopic (exact) mass is 412 g/mol. The van der Waals surface area contributed by atoms with E-state index in [1.807, 2.05) is 0 Å². The van der Waals surface area contributed by atoms with Crippen LogP contribution in [0.1, 0.15) is 101 Å². The molecule has 0 amide bonds. The zero-order chi connectivity index (χ0) is 22.2. The number of hydrogen-bond donors (Lipinski definition) is 0. The SMILES string of the molecule is CCCC(C)C1=CC(C(C)(C)C2C=C(C(C)CCC)c3ccccc32)c2ccccc21. The van der Waals surface area contributed by atoms with Crippen LogP contribution in [0.3, 0.4) is 0 Å². The molecule has 0 nitrogen and oxygen atoms in total. The molecule has 31 heavy (non-hydrogen) atoms. The van der Waals surface area contributed by atoms with Gasteiger partial charge >= 0.3 is 0 Å². The van der Waals surface area contributed by atoms with E-state index in [4.69, 9.17) is 0 Å². The maximum atomic E-state index is 2.63. The third-order valence-corrected chi connectivity index (χ3v) is 8.01. The van der Waals surface area contributed by atoms with E-state index in [1.54, 1.807) is 11.1 Å². The second kappa shape index (κ2) is 8.81. The van der Waals surface area contributed by atoms with E-state index in [2.05, 4.69) is 102 Å². The third kappa shape index (κ3) is 3.84. The van der Waals surface area contributed by atoms with Crippen LogP contribution < -0.4 is 0 Å². The fourth-order valence-corrected chi connectivity index (χ4v) is 6.24. The summed E-state index contributed by atoms with van der Waals surface area (Å²) in [6.07, 6.45) is 10.3. The van der Waals surface area contributed by atoms with Gasteiger partial charge in [0.25, 0.3) is 0 Å². The maximum Gasteiger partial charge on any atom is 0.00902 e. The van der Waals surface area contributed by atoms with Crippen LogP contribution >= 0.6 is 0 Å². The molecule has 2 aromatic carbocycles. The van der Waals surface area contributed by atoms with Crippen LogP contribution in [0.5, 0.6) is 0 Å². The lowest BCUT2D eigenvalue weighted by Gasteiger charge is -2.37. The van der Waals surface area contributed by atoms with Crippen molar-refractivity contribution in [1.82, 2.24) is 0 Å². The van der Waals surface area contributed by atoms with E-state index in [0.717, 1.165) is 0 Å². The van der Waals surface area contributed by atoms with Crippen LogP contribution in [0.4, 0.5) is 0 Å². The van der Waals surface area contributed by atoms with E-state index < -0.39 is 0 Å². The molecule has 0 spiro atoms. The highest BCUT2D eigenvalue weighted by atomic mass is 14.5. The van der Waals surface area contributed by atoms with Gasteiger partial charge in [0.1, 0.15) is 0 Å². The molecule has 0 bridgehead atoms. The van der Waals surface area contributed by atoms with Gasteiger partial charge in [-0.25, -0.2) is 0 Å². The van der Waals surface area contributed by atoms with Crippen molar-refractivity contribution in [3.8, 4) is 0 Å². The molecule has 4 rings (SSSR count). The fourth-order valence-electron chi connectivity index (χ4n) is 6.24. The minimum atomic E-state index is 0.119. The highest BCUT2D eigenvalue weighted by Crippen LogP contribution is 2.57. The maximum absolute atomic E-state index is 2.63. The summed E-state index contributed by atoms with van der Waals surface area (Å²) in [5.41, 5.74) is 9.33. The fraction of sp³-hybridized carbons (Fsp3) is 0.484. The van der Waals surface area contributed by atoms with Crippen molar-refractivity contribution in [2.45, 2.75) is 79.1 Å². The van der Waals surface area contributed by atoms with Gasteiger partial charge < -0.3 is 0 Å². The summed E-state index contributed by atoms with van der Waals surface area (Å²) in [6, 6.07) is 18.4. The van der Waals surface area contributed by atoms with Gasteiger partial charge in [-0.1, -0.05) is 115 Å². The van der Waals surface area contributed by atoms with Gasteiger partial charge in [0, 0.05) is 11.8 Å². The Bertz CT molecular complexity index is 907. The Morgan fingerprint density at radius 3 is 1.45 bits per heavy atom. The minimum Gasteiger partial charge on any atom is -0.0723 e. The molecule has 0 saturated carbocycles. The number of rotatable bonds is 8. The molecule has 0 saturated heterocycles. The van der Waals surface area contributed by atoms with Gasteiger partial charge in [0.15, 0.2) is 0 Å². The van der Waals surface area contributed by atoms with Crippen LogP contribution in [-0.2, 0) is 0 Å². The van der Waals surface area contributed by atoms with E-state index in [9.17, 15) is 0 Å². The predicted octanol–water partition coefficient (Wildman–Crippen LogP) is 9.25. The Labute approximate surface area is 190 Å². The van der Waals surface area contributed by atoms with Crippen LogP contribution in [0, 0.1) is 17.3 Å². The van der Waals surface area contributed by atoms with Gasteiger partial charge in [0.05, 0.1) is 0 Å². The van der Waals surface area contributed by atoms with Crippen LogP contribution in [-0.4, -0.2) is 0 Å². The first-order valence-corrected chi connectivity index (χ1v) is 12.5. The van der Waals surface area contributed by atoms with Crippen molar-refractivity contribution in [3.05, 3.63) is 82.9 Å². The van der Waals surface area contributed by atoms with Gasteiger partial charge in [0.2, 0.25) is 0 Å². The minimum absolute atomic E-state index is 0.119. The largest absolute Gasteiger partial charge is 0.0723 e. The summed E-state index contributed by atoms with van der Waals surface area (Å²) >= 11 is 0. The normalized spacial score (nSPS) is 21.9. The quantitative estimate of drug-likeness (QED) is 0.405. The molecular weight excluding hydrogens is 372 g/mol. The summed E-state index contributed by atoms with van der Waals surface area (Å²) in [5, 5.41) is 0. The number of allylic oxidation sites excluding steroid dienone is 4. The third-order valence-electron chi connectivity index (χ3n) is 8.01. The lowest BCUT2D eigenvalue weighted by Crippen LogP contribution is -2.26. The lowest BCUT2D eigenvalue weighted by molar-refractivity contribution is 0.291.